The van der Waals surface area contributed by atoms with Gasteiger partial charge in [0, 0.05) is 24.0 Å². The van der Waals surface area contributed by atoms with Crippen molar-refractivity contribution in [3.8, 4) is 0 Å². The third-order valence-corrected chi connectivity index (χ3v) is 10.9. The molecule has 0 heterocycles. The largest absolute Gasteiger partial charge is 0.378 e. The fourth-order valence-electron chi connectivity index (χ4n) is 6.15. The highest BCUT2D eigenvalue weighted by Crippen LogP contribution is 2.39. The van der Waals surface area contributed by atoms with E-state index in [1.807, 2.05) is 53.7 Å². The predicted molar refractivity (Wildman–Crippen MR) is 168 cm³/mol. The van der Waals surface area contributed by atoms with Crippen LogP contribution < -0.4 is 0 Å². The van der Waals surface area contributed by atoms with Crippen molar-refractivity contribution in [2.45, 2.75) is 91.6 Å². The topological polar surface area (TPSA) is 121 Å². The zero-order valence-corrected chi connectivity index (χ0v) is 28.2. The van der Waals surface area contributed by atoms with Crippen LogP contribution in [0.4, 0.5) is 0 Å². The van der Waals surface area contributed by atoms with E-state index in [9.17, 15) is 26.4 Å². The molecule has 42 heavy (non-hydrogen) atoms. The van der Waals surface area contributed by atoms with Crippen LogP contribution >= 0.6 is 0 Å². The number of ether oxygens (including phenoxy) is 2. The first-order chi connectivity index (χ1) is 19.5. The average molecular weight is 627 g/mol. The number of hydrogen-bond acceptors (Lipinski definition) is 8. The van der Waals surface area contributed by atoms with Crippen molar-refractivity contribution in [3.63, 3.8) is 0 Å². The Bertz CT molecular complexity index is 1160. The van der Waals surface area contributed by atoms with Gasteiger partial charge in [-0.1, -0.05) is 65.8 Å². The molecule has 10 heteroatoms. The zero-order chi connectivity index (χ0) is 31.8. The van der Waals surface area contributed by atoms with Gasteiger partial charge in [0.15, 0.2) is 11.6 Å². The van der Waals surface area contributed by atoms with Crippen molar-refractivity contribution in [3.05, 3.63) is 46.6 Å². The van der Waals surface area contributed by atoms with Crippen LogP contribution in [0.5, 0.6) is 0 Å². The first-order valence-electron chi connectivity index (χ1n) is 14.7. The highest BCUT2D eigenvalue weighted by atomic mass is 32.2. The summed E-state index contributed by atoms with van der Waals surface area (Å²) in [5.74, 6) is -0.950. The first-order valence-corrected chi connectivity index (χ1v) is 17.2. The minimum atomic E-state index is -2.83. The smallest absolute Gasteiger partial charge is 0.159 e. The molecular weight excluding hydrogens is 576 g/mol. The van der Waals surface area contributed by atoms with Crippen LogP contribution in [0.1, 0.15) is 81.1 Å². The summed E-state index contributed by atoms with van der Waals surface area (Å²) in [5, 5.41) is -1.67. The Morgan fingerprint density at radius 2 is 1.05 bits per heavy atom. The van der Waals surface area contributed by atoms with E-state index in [0.717, 1.165) is 35.1 Å². The summed E-state index contributed by atoms with van der Waals surface area (Å²) in [5.41, 5.74) is 2.74. The molecule has 0 fully saturated rings. The number of ketones is 2. The van der Waals surface area contributed by atoms with Crippen molar-refractivity contribution in [2.75, 3.05) is 26.4 Å². The normalized spacial score (nSPS) is 21.1. The van der Waals surface area contributed by atoms with Gasteiger partial charge < -0.3 is 9.47 Å². The van der Waals surface area contributed by atoms with Crippen LogP contribution in [0.3, 0.4) is 0 Å². The molecule has 2 aliphatic carbocycles. The Hall–Kier alpha value is -1.88. The Morgan fingerprint density at radius 3 is 1.33 bits per heavy atom. The van der Waals surface area contributed by atoms with E-state index in [1.54, 1.807) is 13.8 Å². The Morgan fingerprint density at radius 1 is 0.714 bits per heavy atom. The molecule has 4 atom stereocenters. The number of hydrogen-bond donors (Lipinski definition) is 2. The molecule has 2 aliphatic rings. The highest BCUT2D eigenvalue weighted by Gasteiger charge is 2.34. The summed E-state index contributed by atoms with van der Waals surface area (Å²) in [4.78, 5) is 26.3. The van der Waals surface area contributed by atoms with Gasteiger partial charge in [-0.25, -0.2) is 16.8 Å². The minimum absolute atomic E-state index is 0.0418. The predicted octanol–water partition coefficient (Wildman–Crippen LogP) is 4.78. The summed E-state index contributed by atoms with van der Waals surface area (Å²) in [7, 11) is -5.66. The van der Waals surface area contributed by atoms with Crippen molar-refractivity contribution < 1.29 is 35.9 Å². The van der Waals surface area contributed by atoms with E-state index in [4.69, 9.17) is 9.47 Å². The SMILES string of the molecule is CC1=C(C(=O)CC(C)C(COCCOCC(C(C)CC(=O)C2=C(C)C=CCC2(C)C)[SH](=O)=O)[SH](=O)=O)C(C)(C)CC=C1. The van der Waals surface area contributed by atoms with E-state index in [2.05, 4.69) is 12.2 Å². The number of carbonyl (C=O) groups is 2. The molecule has 8 nitrogen and oxygen atoms in total. The Kier molecular flexibility index (Phi) is 13.6. The lowest BCUT2D eigenvalue weighted by Gasteiger charge is -2.31. The minimum Gasteiger partial charge on any atom is -0.378 e. The van der Waals surface area contributed by atoms with Crippen LogP contribution in [0, 0.1) is 22.7 Å². The number of rotatable bonds is 17. The summed E-state index contributed by atoms with van der Waals surface area (Å²) in [6.07, 6.45) is 9.71. The van der Waals surface area contributed by atoms with Crippen LogP contribution in [-0.4, -0.2) is 65.3 Å². The van der Waals surface area contributed by atoms with Gasteiger partial charge in [-0.05, 0) is 60.5 Å². The zero-order valence-electron chi connectivity index (χ0n) is 26.4. The Labute approximate surface area is 255 Å². The second-order valence-electron chi connectivity index (χ2n) is 13.2. The molecule has 0 aromatic heterocycles. The fraction of sp³-hybridized carbons (Fsp3) is 0.688. The second kappa shape index (κ2) is 15.7. The lowest BCUT2D eigenvalue weighted by Crippen LogP contribution is -2.32. The van der Waals surface area contributed by atoms with Crippen molar-refractivity contribution in [2.24, 2.45) is 22.7 Å². The summed E-state index contributed by atoms with van der Waals surface area (Å²) >= 11 is 0. The number of allylic oxidation sites excluding steroid dienone is 8. The average Bonchev–Trinajstić information content (AvgIpc) is 2.83. The van der Waals surface area contributed by atoms with E-state index in [0.29, 0.717) is 0 Å². The molecule has 0 radical (unpaired) electrons. The summed E-state index contributed by atoms with van der Waals surface area (Å²) in [6.45, 7) is 15.4. The van der Waals surface area contributed by atoms with Crippen LogP contribution in [0.15, 0.2) is 46.6 Å². The summed E-state index contributed by atoms with van der Waals surface area (Å²) in [6, 6.07) is 0. The standard InChI is InChI=1S/C32H50O8S2/c1-21-11-9-13-31(5,6)29(21)25(33)17-23(3)27(41(35)36)19-39-15-16-40-20-28(42(37)38)24(4)18-26(34)30-22(2)12-10-14-32(30,7)8/h9-12,23-24,27-28,41-42H,13-20H2,1-8H3. The molecule has 0 saturated carbocycles. The van der Waals surface area contributed by atoms with E-state index < -0.39 is 43.7 Å². The molecule has 0 bridgehead atoms. The maximum Gasteiger partial charge on any atom is 0.159 e. The Balaban J connectivity index is 1.86. The molecule has 0 saturated heterocycles. The molecule has 0 spiro atoms. The van der Waals surface area contributed by atoms with E-state index in [1.165, 1.54) is 0 Å². The molecule has 0 amide bonds. The van der Waals surface area contributed by atoms with Gasteiger partial charge in [-0.3, -0.25) is 9.59 Å². The number of thiol groups is 2. The van der Waals surface area contributed by atoms with Crippen LogP contribution in [-0.2, 0) is 40.5 Å². The molecule has 0 N–H and O–H groups in total. The first kappa shape index (κ1) is 36.3. The van der Waals surface area contributed by atoms with Crippen LogP contribution in [0.2, 0.25) is 0 Å². The van der Waals surface area contributed by atoms with Crippen LogP contribution in [0.25, 0.3) is 0 Å². The van der Waals surface area contributed by atoms with Gasteiger partial charge in [-0.15, -0.1) is 0 Å². The van der Waals surface area contributed by atoms with Crippen molar-refractivity contribution in [1.29, 1.82) is 0 Å². The fourth-order valence-corrected chi connectivity index (χ4v) is 7.64. The molecule has 4 unspecified atom stereocenters. The molecular formula is C32H50O8S2. The van der Waals surface area contributed by atoms with Gasteiger partial charge in [0.25, 0.3) is 0 Å². The van der Waals surface area contributed by atoms with Gasteiger partial charge in [-0.2, -0.15) is 0 Å². The second-order valence-corrected chi connectivity index (χ2v) is 15.6. The molecule has 0 aromatic carbocycles. The van der Waals surface area contributed by atoms with Gasteiger partial charge in [0.05, 0.1) is 36.9 Å². The van der Waals surface area contributed by atoms with Gasteiger partial charge in [0.1, 0.15) is 21.4 Å². The van der Waals surface area contributed by atoms with Crippen molar-refractivity contribution in [1.82, 2.24) is 0 Å². The van der Waals surface area contributed by atoms with E-state index in [-0.39, 0.29) is 61.7 Å². The summed E-state index contributed by atoms with van der Waals surface area (Å²) < 4.78 is 59.2. The van der Waals surface area contributed by atoms with E-state index >= 15 is 0 Å². The van der Waals surface area contributed by atoms with Gasteiger partial charge in [0.2, 0.25) is 0 Å². The number of carbonyl (C=O) groups excluding carboxylic acids is 2. The van der Waals surface area contributed by atoms with Gasteiger partial charge >= 0.3 is 0 Å². The molecule has 238 valence electrons. The quantitative estimate of drug-likeness (QED) is 0.175. The molecule has 0 aromatic rings. The maximum atomic E-state index is 13.1. The lowest BCUT2D eigenvalue weighted by atomic mass is 9.72. The highest BCUT2D eigenvalue weighted by molar-refractivity contribution is 7.73. The maximum absolute atomic E-state index is 13.1. The third kappa shape index (κ3) is 9.82. The third-order valence-electron chi connectivity index (χ3n) is 8.51. The molecule has 0 aliphatic heterocycles. The molecule has 2 rings (SSSR count). The number of Topliss-reactive ketones (excluding diaryl/α,β-unsaturated/α-hetero) is 2. The monoisotopic (exact) mass is 626 g/mol. The van der Waals surface area contributed by atoms with Crippen molar-refractivity contribution >= 4 is 33.0 Å². The lowest BCUT2D eigenvalue weighted by molar-refractivity contribution is -0.118.